The number of esters is 1. The Morgan fingerprint density at radius 1 is 1.27 bits per heavy atom. The molecule has 0 aromatic carbocycles. The van der Waals surface area contributed by atoms with Crippen LogP contribution < -0.4 is 5.32 Å². The number of likely N-dealkylation sites (tertiary alicyclic amines) is 1. The van der Waals surface area contributed by atoms with Crippen molar-refractivity contribution in [1.82, 2.24) is 10.2 Å². The molecule has 2 N–H and O–H groups in total. The Kier molecular flexibility index (Phi) is 11.4. The van der Waals surface area contributed by atoms with E-state index in [4.69, 9.17) is 4.74 Å². The van der Waals surface area contributed by atoms with Gasteiger partial charge in [-0.3, -0.25) is 14.4 Å². The molecule has 1 saturated heterocycles. The summed E-state index contributed by atoms with van der Waals surface area (Å²) in [6, 6.07) is -0.160. The van der Waals surface area contributed by atoms with Crippen molar-refractivity contribution in [3.05, 3.63) is 25.3 Å². The van der Waals surface area contributed by atoms with Gasteiger partial charge in [0.25, 0.3) is 0 Å². The lowest BCUT2D eigenvalue weighted by molar-refractivity contribution is -0.147. The van der Waals surface area contributed by atoms with Gasteiger partial charge in [-0.1, -0.05) is 12.2 Å². The molecule has 1 heterocycles. The number of amides is 2. The Hall–Kier alpha value is -2.15. The second-order valence-corrected chi connectivity index (χ2v) is 8.56. The quantitative estimate of drug-likeness (QED) is 0.255. The Balaban J connectivity index is 2.55. The third kappa shape index (κ3) is 9.11. The number of ether oxygens (including phenoxy) is 1. The molecule has 0 saturated carbocycles. The maximum absolute atomic E-state index is 12.8. The average molecular weight is 423 g/mol. The second-order valence-electron chi connectivity index (χ2n) is 8.56. The van der Waals surface area contributed by atoms with Crippen molar-refractivity contribution in [2.45, 2.75) is 76.8 Å². The number of nitrogens with zero attached hydrogens (tertiary/aromatic N) is 1. The predicted octanol–water partition coefficient (Wildman–Crippen LogP) is 2.74. The Morgan fingerprint density at radius 2 is 2.00 bits per heavy atom. The summed E-state index contributed by atoms with van der Waals surface area (Å²) in [6.45, 7) is 11.5. The molecular formula is C23H38N2O5. The number of aliphatic hydroxyl groups excluding tert-OH is 1. The standard InChI is InChI=1S/C23H38N2O5/c1-5-7-8-9-13-21(28)30-17-23(3,4)24-22(29)18(11-6-2)15-20(27)25-14-10-12-19(25)16-26/h5-6,18-19,26H,1-2,7-17H2,3-4H3,(H,24,29)/t18-,19+/m1/s1. The number of hydrogen-bond acceptors (Lipinski definition) is 5. The van der Waals surface area contributed by atoms with E-state index in [-0.39, 0.29) is 43.5 Å². The third-order valence-electron chi connectivity index (χ3n) is 5.25. The van der Waals surface area contributed by atoms with E-state index in [0.717, 1.165) is 32.1 Å². The van der Waals surface area contributed by atoms with Crippen molar-refractivity contribution < 1.29 is 24.2 Å². The van der Waals surface area contributed by atoms with Gasteiger partial charge in [0, 0.05) is 19.4 Å². The van der Waals surface area contributed by atoms with Crippen LogP contribution in [0.4, 0.5) is 0 Å². The fourth-order valence-corrected chi connectivity index (χ4v) is 3.53. The molecule has 2 atom stereocenters. The average Bonchev–Trinajstić information content (AvgIpc) is 3.18. The van der Waals surface area contributed by atoms with E-state index in [0.29, 0.717) is 19.4 Å². The van der Waals surface area contributed by atoms with E-state index in [1.165, 1.54) is 0 Å². The van der Waals surface area contributed by atoms with Crippen LogP contribution in [-0.2, 0) is 19.1 Å². The molecule has 7 nitrogen and oxygen atoms in total. The SMILES string of the molecule is C=CCCCCC(=O)OCC(C)(C)NC(=O)[C@H](CC=C)CC(=O)N1CCC[C@H]1CO. The molecule has 170 valence electrons. The molecule has 0 bridgehead atoms. The van der Waals surface area contributed by atoms with Crippen LogP contribution in [0.15, 0.2) is 25.3 Å². The van der Waals surface area contributed by atoms with Gasteiger partial charge in [-0.15, -0.1) is 13.2 Å². The van der Waals surface area contributed by atoms with Crippen LogP contribution in [0.1, 0.15) is 65.2 Å². The van der Waals surface area contributed by atoms with E-state index in [1.807, 2.05) is 6.08 Å². The van der Waals surface area contributed by atoms with Crippen LogP contribution in [0.3, 0.4) is 0 Å². The number of nitrogens with one attached hydrogen (secondary N) is 1. The van der Waals surface area contributed by atoms with Gasteiger partial charge in [0.2, 0.25) is 11.8 Å². The first-order valence-corrected chi connectivity index (χ1v) is 10.8. The molecule has 1 fully saturated rings. The lowest BCUT2D eigenvalue weighted by atomic mass is 9.97. The molecular weight excluding hydrogens is 384 g/mol. The molecule has 7 heteroatoms. The molecule has 1 aliphatic rings. The van der Waals surface area contributed by atoms with E-state index in [2.05, 4.69) is 18.5 Å². The zero-order valence-corrected chi connectivity index (χ0v) is 18.5. The summed E-state index contributed by atoms with van der Waals surface area (Å²) < 4.78 is 5.32. The fraction of sp³-hybridized carbons (Fsp3) is 0.696. The van der Waals surface area contributed by atoms with Crippen LogP contribution in [0.2, 0.25) is 0 Å². The fourth-order valence-electron chi connectivity index (χ4n) is 3.53. The topological polar surface area (TPSA) is 95.9 Å². The van der Waals surface area contributed by atoms with Crippen LogP contribution in [0, 0.1) is 5.92 Å². The van der Waals surface area contributed by atoms with Crippen molar-refractivity contribution >= 4 is 17.8 Å². The molecule has 1 rings (SSSR count). The van der Waals surface area contributed by atoms with Gasteiger partial charge in [-0.25, -0.2) is 0 Å². The molecule has 2 amide bonds. The summed E-state index contributed by atoms with van der Waals surface area (Å²) in [7, 11) is 0. The van der Waals surface area contributed by atoms with E-state index in [9.17, 15) is 19.5 Å². The normalized spacial score (nSPS) is 17.3. The molecule has 1 aliphatic heterocycles. The predicted molar refractivity (Wildman–Crippen MR) is 117 cm³/mol. The maximum atomic E-state index is 12.8. The Bertz CT molecular complexity index is 602. The van der Waals surface area contributed by atoms with Crippen LogP contribution in [0.25, 0.3) is 0 Å². The highest BCUT2D eigenvalue weighted by molar-refractivity contribution is 5.86. The lowest BCUT2D eigenvalue weighted by Crippen LogP contribution is -2.50. The van der Waals surface area contributed by atoms with Crippen LogP contribution in [-0.4, -0.2) is 59.1 Å². The van der Waals surface area contributed by atoms with E-state index in [1.54, 1.807) is 24.8 Å². The summed E-state index contributed by atoms with van der Waals surface area (Å²) in [5.41, 5.74) is -0.752. The zero-order valence-electron chi connectivity index (χ0n) is 18.5. The molecule has 0 spiro atoms. The van der Waals surface area contributed by atoms with Crippen molar-refractivity contribution in [2.75, 3.05) is 19.8 Å². The first-order chi connectivity index (χ1) is 14.2. The highest BCUT2D eigenvalue weighted by atomic mass is 16.5. The van der Waals surface area contributed by atoms with Crippen molar-refractivity contribution in [1.29, 1.82) is 0 Å². The Labute approximate surface area is 180 Å². The molecule has 0 aromatic rings. The van der Waals surface area contributed by atoms with Crippen LogP contribution in [0.5, 0.6) is 0 Å². The first-order valence-electron chi connectivity index (χ1n) is 10.8. The molecule has 30 heavy (non-hydrogen) atoms. The highest BCUT2D eigenvalue weighted by Crippen LogP contribution is 2.21. The largest absolute Gasteiger partial charge is 0.463 e. The van der Waals surface area contributed by atoms with Gasteiger partial charge in [-0.2, -0.15) is 0 Å². The molecule has 0 aromatic heterocycles. The maximum Gasteiger partial charge on any atom is 0.305 e. The van der Waals surface area contributed by atoms with E-state index >= 15 is 0 Å². The summed E-state index contributed by atoms with van der Waals surface area (Å²) >= 11 is 0. The molecule has 0 unspecified atom stereocenters. The summed E-state index contributed by atoms with van der Waals surface area (Å²) in [5.74, 6) is -1.24. The minimum absolute atomic E-state index is 0.0595. The minimum atomic E-state index is -0.752. The van der Waals surface area contributed by atoms with Gasteiger partial charge < -0.3 is 20.1 Å². The van der Waals surface area contributed by atoms with Gasteiger partial charge in [0.15, 0.2) is 0 Å². The monoisotopic (exact) mass is 422 g/mol. The van der Waals surface area contributed by atoms with Crippen molar-refractivity contribution in [3.8, 4) is 0 Å². The molecule has 0 radical (unpaired) electrons. The van der Waals surface area contributed by atoms with Gasteiger partial charge in [0.1, 0.15) is 6.61 Å². The van der Waals surface area contributed by atoms with E-state index < -0.39 is 11.5 Å². The number of allylic oxidation sites excluding steroid dienone is 2. The van der Waals surface area contributed by atoms with Crippen molar-refractivity contribution in [2.24, 2.45) is 5.92 Å². The highest BCUT2D eigenvalue weighted by Gasteiger charge is 2.32. The third-order valence-corrected chi connectivity index (χ3v) is 5.25. The summed E-state index contributed by atoms with van der Waals surface area (Å²) in [4.78, 5) is 39.0. The number of rotatable bonds is 14. The Morgan fingerprint density at radius 3 is 2.63 bits per heavy atom. The zero-order chi connectivity index (χ0) is 22.6. The smallest absolute Gasteiger partial charge is 0.305 e. The summed E-state index contributed by atoms with van der Waals surface area (Å²) in [5, 5.41) is 12.3. The number of carbonyl (C=O) groups is 3. The molecule has 0 aliphatic carbocycles. The van der Waals surface area contributed by atoms with Gasteiger partial charge in [0.05, 0.1) is 24.1 Å². The van der Waals surface area contributed by atoms with Gasteiger partial charge >= 0.3 is 5.97 Å². The van der Waals surface area contributed by atoms with Crippen LogP contribution >= 0.6 is 0 Å². The van der Waals surface area contributed by atoms with Gasteiger partial charge in [-0.05, 0) is 52.4 Å². The van der Waals surface area contributed by atoms with Crippen molar-refractivity contribution in [3.63, 3.8) is 0 Å². The second kappa shape index (κ2) is 13.2. The first kappa shape index (κ1) is 25.9. The number of carbonyl (C=O) groups excluding carboxylic acids is 3. The lowest BCUT2D eigenvalue weighted by Gasteiger charge is -2.29. The number of aliphatic hydroxyl groups is 1. The minimum Gasteiger partial charge on any atom is -0.463 e. The number of unbranched alkanes of at least 4 members (excludes halogenated alkanes) is 2. The summed E-state index contributed by atoms with van der Waals surface area (Å²) in [6.07, 6.45) is 8.37. The number of hydrogen-bond donors (Lipinski definition) is 2.